The van der Waals surface area contributed by atoms with E-state index in [1.54, 1.807) is 0 Å². The van der Waals surface area contributed by atoms with Crippen LogP contribution in [0.25, 0.3) is 0 Å². The number of imidazole rings is 1. The molecule has 0 aliphatic rings. The monoisotopic (exact) mass is 302 g/mol. The van der Waals surface area contributed by atoms with Gasteiger partial charge in [-0.15, -0.1) is 0 Å². The number of aryl methyl sites for hydroxylation is 1. The van der Waals surface area contributed by atoms with E-state index in [1.165, 1.54) is 17.5 Å². The fourth-order valence-corrected chi connectivity index (χ4v) is 3.09. The number of rotatable bonds is 6. The van der Waals surface area contributed by atoms with Gasteiger partial charge in [-0.3, -0.25) is 0 Å². The van der Waals surface area contributed by atoms with Crippen molar-refractivity contribution < 1.29 is 0 Å². The zero-order valence-corrected chi connectivity index (χ0v) is 14.4. The zero-order chi connectivity index (χ0) is 15.3. The molecule has 0 spiro atoms. The van der Waals surface area contributed by atoms with Crippen LogP contribution in [0.2, 0.25) is 0 Å². The summed E-state index contributed by atoms with van der Waals surface area (Å²) in [6.45, 7) is 7.83. The fraction of sp³-hybridized carbons (Fsp3) is 0.500. The molecule has 0 radical (unpaired) electrons. The lowest BCUT2D eigenvalue weighted by molar-refractivity contribution is 0.589. The van der Waals surface area contributed by atoms with Crippen LogP contribution in [0.5, 0.6) is 0 Å². The summed E-state index contributed by atoms with van der Waals surface area (Å²) in [5.74, 6) is 0. The van der Waals surface area contributed by atoms with Gasteiger partial charge in [-0.05, 0) is 35.6 Å². The Morgan fingerprint density at radius 2 is 1.90 bits per heavy atom. The van der Waals surface area contributed by atoms with E-state index in [0.29, 0.717) is 5.25 Å². The highest BCUT2D eigenvalue weighted by Crippen LogP contribution is 2.23. The van der Waals surface area contributed by atoms with Crippen molar-refractivity contribution in [3.63, 3.8) is 0 Å². The van der Waals surface area contributed by atoms with E-state index >= 15 is 0 Å². The van der Waals surface area contributed by atoms with Crippen LogP contribution in [-0.2, 0) is 18.4 Å². The molecule has 1 unspecified atom stereocenters. The van der Waals surface area contributed by atoms with E-state index in [1.807, 2.05) is 30.5 Å². The van der Waals surface area contributed by atoms with Crippen LogP contribution < -0.4 is 0 Å². The maximum atomic E-state index is 4.11. The molecule has 1 aromatic heterocycles. The molecular formula is C18H26N2S. The molecule has 0 aliphatic carbocycles. The maximum absolute atomic E-state index is 4.11. The number of hydrogen-bond acceptors (Lipinski definition) is 2. The number of hydrogen-bond donors (Lipinski definition) is 0. The molecule has 21 heavy (non-hydrogen) atoms. The largest absolute Gasteiger partial charge is 0.336 e. The Morgan fingerprint density at radius 3 is 2.43 bits per heavy atom. The van der Waals surface area contributed by atoms with Crippen LogP contribution in [-0.4, -0.2) is 21.1 Å². The van der Waals surface area contributed by atoms with Gasteiger partial charge in [0.15, 0.2) is 0 Å². The van der Waals surface area contributed by atoms with Gasteiger partial charge in [-0.1, -0.05) is 45.0 Å². The average Bonchev–Trinajstić information content (AvgIpc) is 2.96. The molecule has 3 heteroatoms. The first kappa shape index (κ1) is 16.2. The van der Waals surface area contributed by atoms with Crippen molar-refractivity contribution >= 4 is 11.8 Å². The van der Waals surface area contributed by atoms with Gasteiger partial charge < -0.3 is 4.57 Å². The molecule has 2 rings (SSSR count). The van der Waals surface area contributed by atoms with Gasteiger partial charge in [0.05, 0.1) is 6.33 Å². The molecule has 0 saturated heterocycles. The summed E-state index contributed by atoms with van der Waals surface area (Å²) in [6.07, 6.45) is 10.3. The summed E-state index contributed by atoms with van der Waals surface area (Å²) in [4.78, 5) is 4.11. The van der Waals surface area contributed by atoms with Crippen LogP contribution in [0.4, 0.5) is 0 Å². The van der Waals surface area contributed by atoms with Crippen LogP contribution >= 0.6 is 11.8 Å². The van der Waals surface area contributed by atoms with Gasteiger partial charge in [0.1, 0.15) is 0 Å². The van der Waals surface area contributed by atoms with Gasteiger partial charge in [0, 0.05) is 24.2 Å². The highest BCUT2D eigenvalue weighted by molar-refractivity contribution is 7.99. The highest BCUT2D eigenvalue weighted by Gasteiger charge is 2.13. The molecule has 0 fully saturated rings. The summed E-state index contributed by atoms with van der Waals surface area (Å²) in [7, 11) is 0. The third-order valence-corrected chi connectivity index (χ3v) is 4.93. The first-order valence-electron chi connectivity index (χ1n) is 7.57. The Bertz CT molecular complexity index is 523. The number of nitrogens with zero attached hydrogens (tertiary/aromatic N) is 2. The van der Waals surface area contributed by atoms with Gasteiger partial charge in [-0.2, -0.15) is 11.8 Å². The molecule has 0 bridgehead atoms. The van der Waals surface area contributed by atoms with Gasteiger partial charge in [0.25, 0.3) is 0 Å². The Balaban J connectivity index is 1.89. The third-order valence-electron chi connectivity index (χ3n) is 3.88. The lowest BCUT2D eigenvalue weighted by Gasteiger charge is -2.19. The number of benzene rings is 1. The van der Waals surface area contributed by atoms with Crippen molar-refractivity contribution in [2.45, 2.75) is 50.8 Å². The van der Waals surface area contributed by atoms with Crippen LogP contribution in [0.15, 0.2) is 43.0 Å². The number of aromatic nitrogens is 2. The van der Waals surface area contributed by atoms with Gasteiger partial charge >= 0.3 is 0 Å². The average molecular weight is 302 g/mol. The Morgan fingerprint density at radius 1 is 1.19 bits per heavy atom. The van der Waals surface area contributed by atoms with Crippen molar-refractivity contribution in [3.05, 3.63) is 54.1 Å². The smallest absolute Gasteiger partial charge is 0.0946 e. The van der Waals surface area contributed by atoms with Gasteiger partial charge in [-0.25, -0.2) is 4.98 Å². The topological polar surface area (TPSA) is 17.8 Å². The molecule has 2 nitrogen and oxygen atoms in total. The second kappa shape index (κ2) is 7.17. The first-order valence-corrected chi connectivity index (χ1v) is 8.86. The molecule has 1 atom stereocenters. The minimum absolute atomic E-state index is 0.238. The SMILES string of the molecule is CSC(CCc1ccc(C(C)(C)C)cc1)Cn1ccnc1. The maximum Gasteiger partial charge on any atom is 0.0946 e. The first-order chi connectivity index (χ1) is 9.99. The van der Waals surface area contributed by atoms with E-state index in [4.69, 9.17) is 0 Å². The molecule has 0 saturated carbocycles. The summed E-state index contributed by atoms with van der Waals surface area (Å²) in [6, 6.07) is 9.13. The molecular weight excluding hydrogens is 276 g/mol. The second-order valence-corrected chi connectivity index (χ2v) is 7.74. The Kier molecular flexibility index (Phi) is 5.51. The van der Waals surface area contributed by atoms with E-state index in [0.717, 1.165) is 13.0 Å². The number of thioether (sulfide) groups is 1. The summed E-state index contributed by atoms with van der Waals surface area (Å²) >= 11 is 1.95. The van der Waals surface area contributed by atoms with E-state index in [2.05, 4.69) is 60.8 Å². The molecule has 1 heterocycles. The zero-order valence-electron chi connectivity index (χ0n) is 13.5. The standard InChI is InChI=1S/C18H26N2S/c1-18(2,3)16-8-5-15(6-9-16)7-10-17(21-4)13-20-12-11-19-14-20/h5-6,8-9,11-12,14,17H,7,10,13H2,1-4H3. The molecule has 0 amide bonds. The predicted molar refractivity (Wildman–Crippen MR) is 93.0 cm³/mol. The lowest BCUT2D eigenvalue weighted by atomic mass is 9.86. The van der Waals surface area contributed by atoms with Gasteiger partial charge in [0.2, 0.25) is 0 Å². The van der Waals surface area contributed by atoms with Crippen molar-refractivity contribution in [1.82, 2.24) is 9.55 Å². The van der Waals surface area contributed by atoms with E-state index < -0.39 is 0 Å². The molecule has 0 N–H and O–H groups in total. The predicted octanol–water partition coefficient (Wildman–Crippen LogP) is 4.55. The van der Waals surface area contributed by atoms with Crippen molar-refractivity contribution in [3.8, 4) is 0 Å². The van der Waals surface area contributed by atoms with Crippen LogP contribution in [0.3, 0.4) is 0 Å². The molecule has 2 aromatic rings. The quantitative estimate of drug-likeness (QED) is 0.779. The summed E-state index contributed by atoms with van der Waals surface area (Å²) < 4.78 is 2.17. The Hall–Kier alpha value is -1.22. The summed E-state index contributed by atoms with van der Waals surface area (Å²) in [5.41, 5.74) is 3.08. The van der Waals surface area contributed by atoms with Crippen molar-refractivity contribution in [1.29, 1.82) is 0 Å². The second-order valence-electron chi connectivity index (χ2n) is 6.60. The van der Waals surface area contributed by atoms with E-state index in [-0.39, 0.29) is 5.41 Å². The molecule has 114 valence electrons. The van der Waals surface area contributed by atoms with Crippen molar-refractivity contribution in [2.24, 2.45) is 0 Å². The normalized spacial score (nSPS) is 13.3. The minimum Gasteiger partial charge on any atom is -0.336 e. The fourth-order valence-electron chi connectivity index (χ4n) is 2.41. The molecule has 0 aliphatic heterocycles. The highest BCUT2D eigenvalue weighted by atomic mass is 32.2. The minimum atomic E-state index is 0.238. The van der Waals surface area contributed by atoms with Crippen LogP contribution in [0.1, 0.15) is 38.3 Å². The lowest BCUT2D eigenvalue weighted by Crippen LogP contribution is -2.13. The summed E-state index contributed by atoms with van der Waals surface area (Å²) in [5, 5.41) is 0.640. The molecule has 1 aromatic carbocycles. The Labute approximate surface area is 133 Å². The van der Waals surface area contributed by atoms with Crippen molar-refractivity contribution in [2.75, 3.05) is 6.26 Å². The van der Waals surface area contributed by atoms with Crippen LogP contribution in [0, 0.1) is 0 Å². The third kappa shape index (κ3) is 4.92. The van der Waals surface area contributed by atoms with E-state index in [9.17, 15) is 0 Å².